The first-order valence-electron chi connectivity index (χ1n) is 5.29. The Balaban J connectivity index is 2.63. The number of carboxylic acids is 1. The number of hydrogen-bond acceptors (Lipinski definition) is 3. The maximum Gasteiger partial charge on any atom is 0.344 e. The maximum absolute atomic E-state index is 10.8. The van der Waals surface area contributed by atoms with Gasteiger partial charge in [0.1, 0.15) is 11.5 Å². The fourth-order valence-corrected chi connectivity index (χ4v) is 1.25. The van der Waals surface area contributed by atoms with Gasteiger partial charge in [-0.1, -0.05) is 6.92 Å². The minimum absolute atomic E-state index is 0.433. The Bertz CT molecular complexity index is 331. The first kappa shape index (κ1) is 12.4. The van der Waals surface area contributed by atoms with Gasteiger partial charge in [-0.3, -0.25) is 0 Å². The number of benzene rings is 1. The predicted octanol–water partition coefficient (Wildman–Crippen LogP) is 2.33. The van der Waals surface area contributed by atoms with E-state index in [9.17, 15) is 4.79 Å². The van der Waals surface area contributed by atoms with Crippen molar-refractivity contribution in [3.8, 4) is 11.5 Å². The summed E-state index contributed by atoms with van der Waals surface area (Å²) in [6, 6.07) is 6.92. The van der Waals surface area contributed by atoms with Crippen molar-refractivity contribution in [3.05, 3.63) is 24.3 Å². The topological polar surface area (TPSA) is 55.8 Å². The van der Waals surface area contributed by atoms with Crippen molar-refractivity contribution >= 4 is 5.97 Å². The van der Waals surface area contributed by atoms with Gasteiger partial charge >= 0.3 is 5.97 Å². The summed E-state index contributed by atoms with van der Waals surface area (Å²) in [5.74, 6) is 0.340. The number of carbonyl (C=O) groups is 1. The Kier molecular flexibility index (Phi) is 4.64. The molecule has 0 fully saturated rings. The molecular formula is C12H16O4. The zero-order valence-electron chi connectivity index (χ0n) is 9.47. The monoisotopic (exact) mass is 224 g/mol. The van der Waals surface area contributed by atoms with Gasteiger partial charge in [-0.15, -0.1) is 0 Å². The van der Waals surface area contributed by atoms with Gasteiger partial charge in [0.05, 0.1) is 6.61 Å². The number of rotatable bonds is 6. The van der Waals surface area contributed by atoms with Crippen molar-refractivity contribution in [2.24, 2.45) is 0 Å². The summed E-state index contributed by atoms with van der Waals surface area (Å²) in [6.45, 7) is 4.28. The predicted molar refractivity (Wildman–Crippen MR) is 60.0 cm³/mol. The van der Waals surface area contributed by atoms with Gasteiger partial charge in [0, 0.05) is 0 Å². The Morgan fingerprint density at radius 1 is 1.25 bits per heavy atom. The van der Waals surface area contributed by atoms with E-state index in [2.05, 4.69) is 0 Å². The normalized spacial score (nSPS) is 11.9. The fraction of sp³-hybridized carbons (Fsp3) is 0.417. The summed E-state index contributed by atoms with van der Waals surface area (Å²) in [4.78, 5) is 10.8. The van der Waals surface area contributed by atoms with E-state index in [1.165, 1.54) is 0 Å². The zero-order valence-corrected chi connectivity index (χ0v) is 9.47. The summed E-state index contributed by atoms with van der Waals surface area (Å²) in [7, 11) is 0. The number of aliphatic carboxylic acids is 1. The summed E-state index contributed by atoms with van der Waals surface area (Å²) < 4.78 is 10.6. The lowest BCUT2D eigenvalue weighted by atomic mass is 10.2. The van der Waals surface area contributed by atoms with E-state index >= 15 is 0 Å². The third-order valence-corrected chi connectivity index (χ3v) is 2.06. The molecule has 0 heterocycles. The quantitative estimate of drug-likeness (QED) is 0.805. The molecule has 1 rings (SSSR count). The van der Waals surface area contributed by atoms with Crippen LogP contribution in [0.1, 0.15) is 20.3 Å². The van der Waals surface area contributed by atoms with E-state index < -0.39 is 12.1 Å². The molecule has 88 valence electrons. The molecule has 1 atom stereocenters. The first-order chi connectivity index (χ1) is 7.67. The number of carboxylic acid groups (broad SMARTS) is 1. The van der Waals surface area contributed by atoms with E-state index in [0.717, 1.165) is 5.75 Å². The van der Waals surface area contributed by atoms with Crippen LogP contribution in [0.2, 0.25) is 0 Å². The average molecular weight is 224 g/mol. The van der Waals surface area contributed by atoms with Gasteiger partial charge < -0.3 is 14.6 Å². The van der Waals surface area contributed by atoms with Crippen LogP contribution in [0.25, 0.3) is 0 Å². The molecule has 0 saturated heterocycles. The van der Waals surface area contributed by atoms with Gasteiger partial charge in [-0.2, -0.15) is 0 Å². The zero-order chi connectivity index (χ0) is 12.0. The second-order valence-electron chi connectivity index (χ2n) is 3.26. The first-order valence-corrected chi connectivity index (χ1v) is 5.29. The van der Waals surface area contributed by atoms with Crippen LogP contribution in [-0.4, -0.2) is 23.8 Å². The van der Waals surface area contributed by atoms with Crippen LogP contribution in [0.4, 0.5) is 0 Å². The van der Waals surface area contributed by atoms with Crippen LogP contribution in [-0.2, 0) is 4.79 Å². The second kappa shape index (κ2) is 6.00. The van der Waals surface area contributed by atoms with Gasteiger partial charge in [0.25, 0.3) is 0 Å². The highest BCUT2D eigenvalue weighted by atomic mass is 16.5. The van der Waals surface area contributed by atoms with Crippen LogP contribution in [0, 0.1) is 0 Å². The highest BCUT2D eigenvalue weighted by Crippen LogP contribution is 2.19. The fourth-order valence-electron chi connectivity index (χ4n) is 1.25. The molecule has 0 amide bonds. The van der Waals surface area contributed by atoms with Gasteiger partial charge in [0.15, 0.2) is 6.10 Å². The minimum Gasteiger partial charge on any atom is -0.494 e. The van der Waals surface area contributed by atoms with E-state index in [4.69, 9.17) is 14.6 Å². The molecular weight excluding hydrogens is 208 g/mol. The van der Waals surface area contributed by atoms with E-state index in [1.807, 2.05) is 6.92 Å². The standard InChI is InChI=1S/C12H16O4/c1-3-11(12(13)14)16-10-7-5-9(6-8-10)15-4-2/h5-8,11H,3-4H2,1-2H3,(H,13,14)/t11-/m0/s1. The molecule has 0 radical (unpaired) electrons. The van der Waals surface area contributed by atoms with Crippen LogP contribution in [0.3, 0.4) is 0 Å². The Hall–Kier alpha value is -1.71. The highest BCUT2D eigenvalue weighted by molar-refractivity contribution is 5.72. The highest BCUT2D eigenvalue weighted by Gasteiger charge is 2.16. The minimum atomic E-state index is -0.948. The molecule has 0 aliphatic rings. The van der Waals surface area contributed by atoms with Gasteiger partial charge in [-0.25, -0.2) is 4.79 Å². The second-order valence-corrected chi connectivity index (χ2v) is 3.26. The van der Waals surface area contributed by atoms with Gasteiger partial charge in [-0.05, 0) is 37.6 Å². The largest absolute Gasteiger partial charge is 0.494 e. The lowest BCUT2D eigenvalue weighted by Crippen LogP contribution is -2.25. The van der Waals surface area contributed by atoms with Crippen LogP contribution < -0.4 is 9.47 Å². The summed E-state index contributed by atoms with van der Waals surface area (Å²) in [5, 5.41) is 8.82. The maximum atomic E-state index is 10.8. The SMILES string of the molecule is CCOc1ccc(O[C@@H](CC)C(=O)O)cc1. The molecule has 16 heavy (non-hydrogen) atoms. The van der Waals surface area contributed by atoms with Crippen molar-refractivity contribution in [1.29, 1.82) is 0 Å². The molecule has 1 N–H and O–H groups in total. The van der Waals surface area contributed by atoms with Crippen molar-refractivity contribution in [2.75, 3.05) is 6.61 Å². The summed E-state index contributed by atoms with van der Waals surface area (Å²) >= 11 is 0. The molecule has 0 aromatic heterocycles. The van der Waals surface area contributed by atoms with Crippen LogP contribution in [0.5, 0.6) is 11.5 Å². The smallest absolute Gasteiger partial charge is 0.344 e. The molecule has 1 aromatic rings. The Morgan fingerprint density at radius 3 is 2.25 bits per heavy atom. The van der Waals surface area contributed by atoms with Crippen LogP contribution in [0.15, 0.2) is 24.3 Å². The average Bonchev–Trinajstić information content (AvgIpc) is 2.28. The van der Waals surface area contributed by atoms with E-state index in [-0.39, 0.29) is 0 Å². The molecule has 0 spiro atoms. The third kappa shape index (κ3) is 3.46. The van der Waals surface area contributed by atoms with Crippen molar-refractivity contribution in [3.63, 3.8) is 0 Å². The summed E-state index contributed by atoms with van der Waals surface area (Å²) in [5.41, 5.74) is 0. The lowest BCUT2D eigenvalue weighted by molar-refractivity contribution is -0.145. The molecule has 0 aliphatic carbocycles. The molecule has 4 heteroatoms. The molecule has 1 aromatic carbocycles. The van der Waals surface area contributed by atoms with Crippen LogP contribution >= 0.6 is 0 Å². The molecule has 0 unspecified atom stereocenters. The molecule has 0 aliphatic heterocycles. The van der Waals surface area contributed by atoms with Crippen molar-refractivity contribution in [2.45, 2.75) is 26.4 Å². The van der Waals surface area contributed by atoms with Crippen molar-refractivity contribution in [1.82, 2.24) is 0 Å². The molecule has 4 nitrogen and oxygen atoms in total. The molecule has 0 saturated carbocycles. The number of hydrogen-bond donors (Lipinski definition) is 1. The summed E-state index contributed by atoms with van der Waals surface area (Å²) in [6.07, 6.45) is -0.360. The Labute approximate surface area is 94.8 Å². The number of ether oxygens (including phenoxy) is 2. The van der Waals surface area contributed by atoms with Crippen molar-refractivity contribution < 1.29 is 19.4 Å². The Morgan fingerprint density at radius 2 is 1.81 bits per heavy atom. The molecule has 0 bridgehead atoms. The van der Waals surface area contributed by atoms with Gasteiger partial charge in [0.2, 0.25) is 0 Å². The lowest BCUT2D eigenvalue weighted by Gasteiger charge is -2.13. The third-order valence-electron chi connectivity index (χ3n) is 2.06. The van der Waals surface area contributed by atoms with E-state index in [1.54, 1.807) is 31.2 Å². The van der Waals surface area contributed by atoms with E-state index in [0.29, 0.717) is 18.8 Å².